The Morgan fingerprint density at radius 2 is 2.16 bits per heavy atom. The number of pyridine rings is 1. The van der Waals surface area contributed by atoms with E-state index in [2.05, 4.69) is 25.0 Å². The van der Waals surface area contributed by atoms with Gasteiger partial charge in [-0.15, -0.1) is 0 Å². The smallest absolute Gasteiger partial charge is 0.359 e. The van der Waals surface area contributed by atoms with Crippen molar-refractivity contribution in [3.8, 4) is 0 Å². The van der Waals surface area contributed by atoms with Crippen LogP contribution >= 0.6 is 0 Å². The third kappa shape index (κ3) is 2.68. The highest BCUT2D eigenvalue weighted by Crippen LogP contribution is 2.11. The average molecular weight is 261 g/mol. The molecule has 0 spiro atoms. The number of anilines is 2. The van der Waals surface area contributed by atoms with Crippen LogP contribution in [0.3, 0.4) is 0 Å². The van der Waals surface area contributed by atoms with Gasteiger partial charge in [0.15, 0.2) is 5.69 Å². The molecule has 0 unspecified atom stereocenters. The molecule has 0 aliphatic carbocycles. The van der Waals surface area contributed by atoms with Crippen LogP contribution in [0.2, 0.25) is 0 Å². The lowest BCUT2D eigenvalue weighted by Gasteiger charge is -2.04. The second-order valence-electron chi connectivity index (χ2n) is 3.54. The molecule has 0 aliphatic heterocycles. The fourth-order valence-electron chi connectivity index (χ4n) is 1.39. The Labute approximate surface area is 108 Å². The standard InChI is InChI=1S/C11H11N5O3/c1-19-11(18)9-8(14-5-15-9)10(17)16-6-2-3-7(12)13-4-6/h2-5H,1H3,(H2,12,13)(H,14,15)(H,16,17). The molecule has 0 fully saturated rings. The number of aromatic nitrogens is 3. The van der Waals surface area contributed by atoms with Crippen molar-refractivity contribution in [2.24, 2.45) is 0 Å². The number of aromatic amines is 1. The van der Waals surface area contributed by atoms with E-state index in [1.807, 2.05) is 0 Å². The summed E-state index contributed by atoms with van der Waals surface area (Å²) in [5.74, 6) is -0.874. The molecule has 0 radical (unpaired) electrons. The number of amides is 1. The summed E-state index contributed by atoms with van der Waals surface area (Å²) in [7, 11) is 1.21. The largest absolute Gasteiger partial charge is 0.464 e. The van der Waals surface area contributed by atoms with E-state index in [1.54, 1.807) is 12.1 Å². The Hall–Kier alpha value is -2.90. The van der Waals surface area contributed by atoms with Crippen molar-refractivity contribution in [2.45, 2.75) is 0 Å². The van der Waals surface area contributed by atoms with Crippen LogP contribution in [-0.2, 0) is 4.74 Å². The SMILES string of the molecule is COC(=O)c1nc[nH]c1C(=O)Nc1ccc(N)nc1. The molecule has 2 heterocycles. The van der Waals surface area contributed by atoms with E-state index in [9.17, 15) is 9.59 Å². The van der Waals surface area contributed by atoms with E-state index in [0.29, 0.717) is 11.5 Å². The van der Waals surface area contributed by atoms with Crippen LogP contribution < -0.4 is 11.1 Å². The Kier molecular flexibility index (Phi) is 3.42. The number of nitrogen functional groups attached to an aromatic ring is 1. The summed E-state index contributed by atoms with van der Waals surface area (Å²) >= 11 is 0. The van der Waals surface area contributed by atoms with Crippen molar-refractivity contribution in [2.75, 3.05) is 18.2 Å². The van der Waals surface area contributed by atoms with Gasteiger partial charge in [-0.3, -0.25) is 4.79 Å². The molecule has 2 aromatic heterocycles. The van der Waals surface area contributed by atoms with Crippen molar-refractivity contribution in [1.29, 1.82) is 0 Å². The molecular formula is C11H11N5O3. The highest BCUT2D eigenvalue weighted by Gasteiger charge is 2.20. The van der Waals surface area contributed by atoms with Crippen molar-refractivity contribution in [3.63, 3.8) is 0 Å². The number of nitrogens with one attached hydrogen (secondary N) is 2. The number of methoxy groups -OCH3 is 1. The molecule has 0 aliphatic rings. The molecule has 0 bridgehead atoms. The van der Waals surface area contributed by atoms with Gasteiger partial charge in [-0.1, -0.05) is 0 Å². The third-order valence-corrected chi connectivity index (χ3v) is 2.29. The van der Waals surface area contributed by atoms with Gasteiger partial charge in [0.25, 0.3) is 5.91 Å². The zero-order valence-corrected chi connectivity index (χ0v) is 10.0. The molecule has 2 aromatic rings. The first-order valence-electron chi connectivity index (χ1n) is 5.26. The average Bonchev–Trinajstić information content (AvgIpc) is 2.90. The molecule has 98 valence electrons. The number of rotatable bonds is 3. The summed E-state index contributed by atoms with van der Waals surface area (Å²) in [6.07, 6.45) is 2.64. The number of carbonyl (C=O) groups is 2. The van der Waals surface area contributed by atoms with Crippen molar-refractivity contribution >= 4 is 23.4 Å². The number of carbonyl (C=O) groups excluding carboxylic acids is 2. The van der Waals surface area contributed by atoms with Crippen molar-refractivity contribution in [3.05, 3.63) is 36.0 Å². The summed E-state index contributed by atoms with van der Waals surface area (Å²) in [5.41, 5.74) is 5.82. The van der Waals surface area contributed by atoms with Gasteiger partial charge in [0.05, 0.1) is 25.3 Å². The van der Waals surface area contributed by atoms with Crippen LogP contribution in [0.15, 0.2) is 24.7 Å². The maximum absolute atomic E-state index is 12.0. The lowest BCUT2D eigenvalue weighted by atomic mass is 10.3. The minimum Gasteiger partial charge on any atom is -0.464 e. The highest BCUT2D eigenvalue weighted by molar-refractivity contribution is 6.08. The summed E-state index contributed by atoms with van der Waals surface area (Å²) < 4.78 is 4.52. The molecular weight excluding hydrogens is 250 g/mol. The molecule has 1 amide bonds. The molecule has 19 heavy (non-hydrogen) atoms. The normalized spacial score (nSPS) is 9.95. The van der Waals surface area contributed by atoms with E-state index < -0.39 is 11.9 Å². The Morgan fingerprint density at radius 3 is 2.79 bits per heavy atom. The van der Waals surface area contributed by atoms with Crippen LogP contribution in [0, 0.1) is 0 Å². The highest BCUT2D eigenvalue weighted by atomic mass is 16.5. The second kappa shape index (κ2) is 5.17. The fourth-order valence-corrected chi connectivity index (χ4v) is 1.39. The molecule has 0 atom stereocenters. The summed E-state index contributed by atoms with van der Waals surface area (Å²) in [4.78, 5) is 33.5. The quantitative estimate of drug-likeness (QED) is 0.688. The van der Waals surface area contributed by atoms with Gasteiger partial charge in [-0.05, 0) is 12.1 Å². The summed E-state index contributed by atoms with van der Waals surface area (Å²) in [6.45, 7) is 0. The van der Waals surface area contributed by atoms with E-state index in [-0.39, 0.29) is 11.4 Å². The molecule has 0 aromatic carbocycles. The topological polar surface area (TPSA) is 123 Å². The van der Waals surface area contributed by atoms with Crippen molar-refractivity contribution in [1.82, 2.24) is 15.0 Å². The first kappa shape index (κ1) is 12.6. The maximum atomic E-state index is 12.0. The number of nitrogens with two attached hydrogens (primary N) is 1. The van der Waals surface area contributed by atoms with Gasteiger partial charge in [0.1, 0.15) is 11.5 Å². The van der Waals surface area contributed by atoms with Crippen LogP contribution in [0.5, 0.6) is 0 Å². The van der Waals surface area contributed by atoms with Gasteiger partial charge in [-0.25, -0.2) is 14.8 Å². The zero-order chi connectivity index (χ0) is 13.8. The molecule has 8 heteroatoms. The Balaban J connectivity index is 2.18. The van der Waals surface area contributed by atoms with Crippen LogP contribution in [0.4, 0.5) is 11.5 Å². The van der Waals surface area contributed by atoms with E-state index in [0.717, 1.165) is 0 Å². The first-order chi connectivity index (χ1) is 9.11. The van der Waals surface area contributed by atoms with E-state index in [1.165, 1.54) is 19.6 Å². The molecule has 0 saturated carbocycles. The zero-order valence-electron chi connectivity index (χ0n) is 10.0. The molecule has 8 nitrogen and oxygen atoms in total. The predicted octanol–water partition coefficient (Wildman–Crippen LogP) is 0.426. The van der Waals surface area contributed by atoms with Crippen molar-refractivity contribution < 1.29 is 14.3 Å². The number of ether oxygens (including phenoxy) is 1. The monoisotopic (exact) mass is 261 g/mol. The van der Waals surface area contributed by atoms with Crippen LogP contribution in [-0.4, -0.2) is 33.9 Å². The Bertz CT molecular complexity index is 605. The molecule has 0 saturated heterocycles. The third-order valence-electron chi connectivity index (χ3n) is 2.29. The van der Waals surface area contributed by atoms with Crippen LogP contribution in [0.1, 0.15) is 21.0 Å². The number of hydrogen-bond donors (Lipinski definition) is 3. The maximum Gasteiger partial charge on any atom is 0.359 e. The number of hydrogen-bond acceptors (Lipinski definition) is 6. The molecule has 4 N–H and O–H groups in total. The minimum atomic E-state index is -0.693. The summed E-state index contributed by atoms with van der Waals surface area (Å²) in [6, 6.07) is 3.14. The number of nitrogens with zero attached hydrogens (tertiary/aromatic N) is 2. The van der Waals surface area contributed by atoms with E-state index >= 15 is 0 Å². The van der Waals surface area contributed by atoms with Gasteiger partial charge in [0.2, 0.25) is 0 Å². The van der Waals surface area contributed by atoms with Gasteiger partial charge in [-0.2, -0.15) is 0 Å². The lowest BCUT2D eigenvalue weighted by Crippen LogP contribution is -2.17. The van der Waals surface area contributed by atoms with Gasteiger partial charge >= 0.3 is 5.97 Å². The Morgan fingerprint density at radius 1 is 1.37 bits per heavy atom. The number of H-pyrrole nitrogens is 1. The number of esters is 1. The first-order valence-corrected chi connectivity index (χ1v) is 5.26. The molecule has 2 rings (SSSR count). The minimum absolute atomic E-state index is 0.0173. The summed E-state index contributed by atoms with van der Waals surface area (Å²) in [5, 5.41) is 2.55. The van der Waals surface area contributed by atoms with Gasteiger partial charge in [0, 0.05) is 0 Å². The predicted molar refractivity (Wildman–Crippen MR) is 66.5 cm³/mol. The van der Waals surface area contributed by atoms with E-state index in [4.69, 9.17) is 5.73 Å². The number of imidazole rings is 1. The lowest BCUT2D eigenvalue weighted by molar-refractivity contribution is 0.0591. The fraction of sp³-hybridized carbons (Fsp3) is 0.0909. The second-order valence-corrected chi connectivity index (χ2v) is 3.54. The van der Waals surface area contributed by atoms with Crippen LogP contribution in [0.25, 0.3) is 0 Å². The van der Waals surface area contributed by atoms with Gasteiger partial charge < -0.3 is 20.8 Å².